The molecule has 0 saturated heterocycles. The fraction of sp³-hybridized carbons (Fsp3) is 0.143. The van der Waals surface area contributed by atoms with E-state index in [0.717, 1.165) is 4.90 Å². The standard InChI is InChI=1S/C21H17Cl2NO3S/c1-12-19(21(26)27-2)17(9-13-7-8-14(22)10-18(13)23)20(25)24(12)15-5-4-6-16(11-15)28-3/h4-11H,1-3H3/b17-9-. The van der Waals surface area contributed by atoms with Gasteiger partial charge in [-0.1, -0.05) is 35.3 Å². The lowest BCUT2D eigenvalue weighted by Crippen LogP contribution is -2.24. The highest BCUT2D eigenvalue weighted by Crippen LogP contribution is 2.37. The number of carbonyl (C=O) groups excluding carboxylic acids is 2. The van der Waals surface area contributed by atoms with Crippen LogP contribution in [0.15, 0.2) is 64.2 Å². The van der Waals surface area contributed by atoms with Crippen LogP contribution in [0.3, 0.4) is 0 Å². The Morgan fingerprint density at radius 1 is 1.18 bits per heavy atom. The molecule has 0 unspecified atom stereocenters. The molecule has 1 heterocycles. The first-order chi connectivity index (χ1) is 13.4. The number of carbonyl (C=O) groups is 2. The summed E-state index contributed by atoms with van der Waals surface area (Å²) < 4.78 is 4.92. The van der Waals surface area contributed by atoms with Crippen molar-refractivity contribution in [2.24, 2.45) is 0 Å². The molecular formula is C21H17Cl2NO3S. The van der Waals surface area contributed by atoms with Gasteiger partial charge in [-0.15, -0.1) is 11.8 Å². The summed E-state index contributed by atoms with van der Waals surface area (Å²) in [4.78, 5) is 28.2. The van der Waals surface area contributed by atoms with Gasteiger partial charge in [0.15, 0.2) is 0 Å². The molecule has 0 saturated carbocycles. The average Bonchev–Trinajstić information content (AvgIpc) is 2.93. The Kier molecular flexibility index (Phi) is 6.18. The van der Waals surface area contributed by atoms with Crippen LogP contribution < -0.4 is 4.90 Å². The van der Waals surface area contributed by atoms with Crippen molar-refractivity contribution in [3.63, 3.8) is 0 Å². The number of esters is 1. The van der Waals surface area contributed by atoms with Crippen LogP contribution in [-0.2, 0) is 14.3 Å². The van der Waals surface area contributed by atoms with E-state index in [9.17, 15) is 9.59 Å². The first kappa shape index (κ1) is 20.5. The van der Waals surface area contributed by atoms with E-state index in [2.05, 4.69) is 0 Å². The highest BCUT2D eigenvalue weighted by molar-refractivity contribution is 7.98. The Balaban J connectivity index is 2.16. The van der Waals surface area contributed by atoms with Crippen molar-refractivity contribution in [3.05, 3.63) is 74.9 Å². The molecule has 2 aromatic rings. The second-order valence-electron chi connectivity index (χ2n) is 6.02. The first-order valence-electron chi connectivity index (χ1n) is 8.32. The second-order valence-corrected chi connectivity index (χ2v) is 7.74. The van der Waals surface area contributed by atoms with Gasteiger partial charge < -0.3 is 4.74 Å². The summed E-state index contributed by atoms with van der Waals surface area (Å²) >= 11 is 13.8. The lowest BCUT2D eigenvalue weighted by atomic mass is 10.0. The maximum absolute atomic E-state index is 13.3. The largest absolute Gasteiger partial charge is 0.465 e. The molecule has 1 aliphatic rings. The number of hydrogen-bond acceptors (Lipinski definition) is 4. The monoisotopic (exact) mass is 433 g/mol. The molecule has 0 bridgehead atoms. The van der Waals surface area contributed by atoms with Crippen LogP contribution in [0.2, 0.25) is 10.0 Å². The second kappa shape index (κ2) is 8.43. The number of amides is 1. The summed E-state index contributed by atoms with van der Waals surface area (Å²) in [5.41, 5.74) is 2.22. The predicted molar refractivity (Wildman–Crippen MR) is 115 cm³/mol. The number of benzene rings is 2. The van der Waals surface area contributed by atoms with E-state index in [0.29, 0.717) is 27.0 Å². The van der Waals surface area contributed by atoms with Gasteiger partial charge in [0, 0.05) is 20.6 Å². The summed E-state index contributed by atoms with van der Waals surface area (Å²) in [5.74, 6) is -0.895. The Bertz CT molecular complexity index is 1030. The van der Waals surface area contributed by atoms with Gasteiger partial charge in [0.1, 0.15) is 0 Å². The van der Waals surface area contributed by atoms with E-state index >= 15 is 0 Å². The lowest BCUT2D eigenvalue weighted by Gasteiger charge is -2.18. The van der Waals surface area contributed by atoms with Crippen LogP contribution in [0.4, 0.5) is 5.69 Å². The van der Waals surface area contributed by atoms with Gasteiger partial charge in [-0.2, -0.15) is 0 Å². The third-order valence-corrected chi connectivity index (χ3v) is 5.65. The lowest BCUT2D eigenvalue weighted by molar-refractivity contribution is -0.136. The van der Waals surface area contributed by atoms with E-state index in [1.165, 1.54) is 12.0 Å². The average molecular weight is 434 g/mol. The number of ether oxygens (including phenoxy) is 1. The highest BCUT2D eigenvalue weighted by Gasteiger charge is 2.38. The Morgan fingerprint density at radius 2 is 1.93 bits per heavy atom. The third kappa shape index (κ3) is 3.83. The Morgan fingerprint density at radius 3 is 2.57 bits per heavy atom. The SMILES string of the molecule is COC(=O)C1=C(C)N(c2cccc(SC)c2)C(=O)/C1=C\c1ccc(Cl)cc1Cl. The van der Waals surface area contributed by atoms with Gasteiger partial charge >= 0.3 is 5.97 Å². The van der Waals surface area contributed by atoms with Gasteiger partial charge in [-0.3, -0.25) is 9.69 Å². The zero-order valence-corrected chi connectivity index (χ0v) is 17.8. The molecule has 7 heteroatoms. The normalized spacial score (nSPS) is 15.5. The first-order valence-corrected chi connectivity index (χ1v) is 10.3. The van der Waals surface area contributed by atoms with Gasteiger partial charge in [0.25, 0.3) is 5.91 Å². The molecular weight excluding hydrogens is 417 g/mol. The number of methoxy groups -OCH3 is 1. The Hall–Kier alpha value is -2.21. The zero-order valence-electron chi connectivity index (χ0n) is 15.5. The molecule has 0 fully saturated rings. The summed E-state index contributed by atoms with van der Waals surface area (Å²) in [7, 11) is 1.29. The van der Waals surface area contributed by atoms with Crippen LogP contribution in [0.5, 0.6) is 0 Å². The van der Waals surface area contributed by atoms with E-state index in [1.807, 2.05) is 30.5 Å². The molecule has 0 aliphatic carbocycles. The molecule has 0 aromatic heterocycles. The van der Waals surface area contributed by atoms with E-state index in [4.69, 9.17) is 27.9 Å². The van der Waals surface area contributed by atoms with Crippen LogP contribution >= 0.6 is 35.0 Å². The number of halogens is 2. The predicted octanol–water partition coefficient (Wildman–Crippen LogP) is 5.59. The van der Waals surface area contributed by atoms with Crippen molar-refractivity contribution >= 4 is 58.6 Å². The third-order valence-electron chi connectivity index (χ3n) is 4.36. The minimum Gasteiger partial charge on any atom is -0.465 e. The molecule has 0 N–H and O–H groups in total. The molecule has 1 aliphatic heterocycles. The summed E-state index contributed by atoms with van der Waals surface area (Å²) in [5, 5.41) is 0.873. The minimum absolute atomic E-state index is 0.216. The molecule has 28 heavy (non-hydrogen) atoms. The van der Waals surface area contributed by atoms with E-state index in [-0.39, 0.29) is 17.1 Å². The van der Waals surface area contributed by atoms with Gasteiger partial charge in [0.2, 0.25) is 0 Å². The van der Waals surface area contributed by atoms with Crippen molar-refractivity contribution in [1.29, 1.82) is 0 Å². The minimum atomic E-state index is -0.578. The summed E-state index contributed by atoms with van der Waals surface area (Å²) in [6.45, 7) is 1.72. The van der Waals surface area contributed by atoms with Crippen molar-refractivity contribution in [2.45, 2.75) is 11.8 Å². The van der Waals surface area contributed by atoms with Gasteiger partial charge in [0.05, 0.1) is 23.9 Å². The van der Waals surface area contributed by atoms with Crippen molar-refractivity contribution in [3.8, 4) is 0 Å². The van der Waals surface area contributed by atoms with Crippen LogP contribution in [-0.4, -0.2) is 25.2 Å². The number of hydrogen-bond donors (Lipinski definition) is 0. The van der Waals surface area contributed by atoms with Crippen molar-refractivity contribution < 1.29 is 14.3 Å². The van der Waals surface area contributed by atoms with Crippen LogP contribution in [0, 0.1) is 0 Å². The molecule has 2 aromatic carbocycles. The zero-order chi connectivity index (χ0) is 20.4. The van der Waals surface area contributed by atoms with Crippen molar-refractivity contribution in [1.82, 2.24) is 0 Å². The molecule has 144 valence electrons. The number of anilines is 1. The summed E-state index contributed by atoms with van der Waals surface area (Å²) in [6.07, 6.45) is 3.55. The van der Waals surface area contributed by atoms with E-state index < -0.39 is 5.97 Å². The molecule has 0 radical (unpaired) electrons. The summed E-state index contributed by atoms with van der Waals surface area (Å²) in [6, 6.07) is 12.5. The molecule has 3 rings (SSSR count). The Labute approximate surface area is 177 Å². The fourth-order valence-electron chi connectivity index (χ4n) is 3.01. The molecule has 4 nitrogen and oxygen atoms in total. The number of thioether (sulfide) groups is 1. The highest BCUT2D eigenvalue weighted by atomic mass is 35.5. The van der Waals surface area contributed by atoms with E-state index in [1.54, 1.807) is 43.0 Å². The van der Waals surface area contributed by atoms with Gasteiger partial charge in [-0.25, -0.2) is 4.79 Å². The van der Waals surface area contributed by atoms with Gasteiger partial charge in [-0.05, 0) is 55.2 Å². The maximum Gasteiger partial charge on any atom is 0.340 e. The van der Waals surface area contributed by atoms with Crippen LogP contribution in [0.25, 0.3) is 6.08 Å². The number of rotatable bonds is 4. The molecule has 1 amide bonds. The number of nitrogens with zero attached hydrogens (tertiary/aromatic N) is 1. The topological polar surface area (TPSA) is 46.6 Å². The fourth-order valence-corrected chi connectivity index (χ4v) is 3.93. The maximum atomic E-state index is 13.3. The smallest absolute Gasteiger partial charge is 0.340 e. The van der Waals surface area contributed by atoms with Crippen LogP contribution in [0.1, 0.15) is 12.5 Å². The number of allylic oxidation sites excluding steroid dienone is 1. The quantitative estimate of drug-likeness (QED) is 0.358. The van der Waals surface area contributed by atoms with Crippen molar-refractivity contribution in [2.75, 3.05) is 18.3 Å². The molecule has 0 atom stereocenters. The molecule has 0 spiro atoms.